The number of amides is 3. The van der Waals surface area contributed by atoms with E-state index in [1.807, 2.05) is 13.0 Å². The maximum absolute atomic E-state index is 13.4. The second-order valence-corrected chi connectivity index (χ2v) is 5.61. The Bertz CT molecular complexity index is 767. The maximum Gasteiger partial charge on any atom is 0.319 e. The Morgan fingerprint density at radius 3 is 2.62 bits per heavy atom. The molecule has 0 saturated carbocycles. The third kappa shape index (κ3) is 4.45. The minimum atomic E-state index is -0.901. The average Bonchev–Trinajstić information content (AvgIpc) is 2.54. The lowest BCUT2D eigenvalue weighted by Crippen LogP contribution is -2.32. The molecule has 0 heterocycles. The van der Waals surface area contributed by atoms with Crippen LogP contribution in [-0.2, 0) is 0 Å². The number of urea groups is 1. The number of nitrogens with two attached hydrogens (primary N) is 1. The van der Waals surface area contributed by atoms with Gasteiger partial charge in [-0.05, 0) is 42.3 Å². The van der Waals surface area contributed by atoms with Gasteiger partial charge in [0.15, 0.2) is 0 Å². The minimum absolute atomic E-state index is 0.236. The van der Waals surface area contributed by atoms with Gasteiger partial charge in [-0.3, -0.25) is 4.79 Å². The van der Waals surface area contributed by atoms with Crippen molar-refractivity contribution in [1.29, 1.82) is 0 Å². The van der Waals surface area contributed by atoms with Gasteiger partial charge in [0, 0.05) is 10.7 Å². The highest BCUT2D eigenvalue weighted by molar-refractivity contribution is 6.30. The van der Waals surface area contributed by atoms with Crippen LogP contribution in [0.4, 0.5) is 14.9 Å². The van der Waals surface area contributed by atoms with Crippen molar-refractivity contribution in [2.24, 2.45) is 5.73 Å². The number of carbonyl (C=O) groups is 2. The van der Waals surface area contributed by atoms with Crippen molar-refractivity contribution in [3.8, 4) is 0 Å². The summed E-state index contributed by atoms with van der Waals surface area (Å²) in [4.78, 5) is 23.3. The third-order valence-electron chi connectivity index (χ3n) is 3.45. The van der Waals surface area contributed by atoms with Crippen LogP contribution in [-0.4, -0.2) is 11.9 Å². The quantitative estimate of drug-likeness (QED) is 0.766. The van der Waals surface area contributed by atoms with Crippen molar-refractivity contribution in [3.05, 3.63) is 64.4 Å². The molecule has 3 amide bonds. The molecule has 4 N–H and O–H groups in total. The molecule has 7 heteroatoms. The molecule has 5 nitrogen and oxygen atoms in total. The van der Waals surface area contributed by atoms with E-state index in [0.29, 0.717) is 11.4 Å². The Morgan fingerprint density at radius 2 is 2.00 bits per heavy atom. The molecule has 2 rings (SSSR count). The highest BCUT2D eigenvalue weighted by atomic mass is 35.5. The summed E-state index contributed by atoms with van der Waals surface area (Å²) in [6, 6.07) is 10.1. The normalized spacial score (nSPS) is 11.6. The number of anilines is 1. The van der Waals surface area contributed by atoms with Gasteiger partial charge < -0.3 is 16.4 Å². The number of nitrogens with one attached hydrogen (secondary N) is 2. The Hall–Kier alpha value is -2.60. The fraction of sp³-hybridized carbons (Fsp3) is 0.176. The molecule has 0 radical (unpaired) electrons. The number of primary amides is 1. The van der Waals surface area contributed by atoms with Gasteiger partial charge in [0.1, 0.15) is 5.82 Å². The minimum Gasteiger partial charge on any atom is -0.366 e. The van der Waals surface area contributed by atoms with E-state index >= 15 is 0 Å². The van der Waals surface area contributed by atoms with Gasteiger partial charge in [-0.15, -0.1) is 0 Å². The summed E-state index contributed by atoms with van der Waals surface area (Å²) >= 11 is 5.97. The molecular formula is C17H17ClFN3O2. The van der Waals surface area contributed by atoms with E-state index in [4.69, 9.17) is 17.3 Å². The van der Waals surface area contributed by atoms with E-state index in [2.05, 4.69) is 10.6 Å². The van der Waals surface area contributed by atoms with Crippen LogP contribution in [0.25, 0.3) is 0 Å². The lowest BCUT2D eigenvalue weighted by Gasteiger charge is -2.18. The summed E-state index contributed by atoms with van der Waals surface area (Å²) in [7, 11) is 0. The number of carbonyl (C=O) groups excluding carboxylic acids is 2. The van der Waals surface area contributed by atoms with Gasteiger partial charge in [-0.25, -0.2) is 9.18 Å². The van der Waals surface area contributed by atoms with E-state index in [0.717, 1.165) is 11.6 Å². The SMILES string of the molecule is CC[C@H](NC(=O)Nc1ccc(F)c(C(N)=O)c1)c1cccc(Cl)c1. The van der Waals surface area contributed by atoms with Crippen molar-refractivity contribution in [2.45, 2.75) is 19.4 Å². The summed E-state index contributed by atoms with van der Waals surface area (Å²) in [5.74, 6) is -1.64. The van der Waals surface area contributed by atoms with Gasteiger partial charge in [-0.1, -0.05) is 30.7 Å². The van der Waals surface area contributed by atoms with Crippen LogP contribution in [0.5, 0.6) is 0 Å². The zero-order valence-electron chi connectivity index (χ0n) is 13.0. The Labute approximate surface area is 144 Å². The van der Waals surface area contributed by atoms with E-state index in [1.165, 1.54) is 12.1 Å². The second-order valence-electron chi connectivity index (χ2n) is 5.17. The lowest BCUT2D eigenvalue weighted by molar-refractivity contribution is 0.0996. The molecule has 0 unspecified atom stereocenters. The Balaban J connectivity index is 2.09. The molecule has 2 aromatic rings. The van der Waals surface area contributed by atoms with Gasteiger partial charge in [0.25, 0.3) is 5.91 Å². The molecular weight excluding hydrogens is 333 g/mol. The van der Waals surface area contributed by atoms with E-state index in [-0.39, 0.29) is 17.3 Å². The van der Waals surface area contributed by atoms with E-state index in [1.54, 1.807) is 18.2 Å². The van der Waals surface area contributed by atoms with E-state index in [9.17, 15) is 14.0 Å². The first-order valence-electron chi connectivity index (χ1n) is 7.33. The van der Waals surface area contributed by atoms with E-state index < -0.39 is 17.8 Å². The molecule has 0 aliphatic carbocycles. The molecule has 1 atom stereocenters. The highest BCUT2D eigenvalue weighted by Crippen LogP contribution is 2.21. The highest BCUT2D eigenvalue weighted by Gasteiger charge is 2.14. The van der Waals surface area contributed by atoms with Crippen LogP contribution < -0.4 is 16.4 Å². The van der Waals surface area contributed by atoms with Crippen LogP contribution in [0.1, 0.15) is 35.3 Å². The summed E-state index contributed by atoms with van der Waals surface area (Å²) < 4.78 is 13.4. The Morgan fingerprint density at radius 1 is 1.25 bits per heavy atom. The predicted molar refractivity (Wildman–Crippen MR) is 91.6 cm³/mol. The van der Waals surface area contributed by atoms with Crippen LogP contribution in [0.15, 0.2) is 42.5 Å². The summed E-state index contributed by atoms with van der Waals surface area (Å²) in [5, 5.41) is 5.94. The van der Waals surface area contributed by atoms with Crippen LogP contribution >= 0.6 is 11.6 Å². The van der Waals surface area contributed by atoms with Gasteiger partial charge in [-0.2, -0.15) is 0 Å². The summed E-state index contributed by atoms with van der Waals surface area (Å²) in [6.07, 6.45) is 0.656. The predicted octanol–water partition coefficient (Wildman–Crippen LogP) is 3.85. The van der Waals surface area contributed by atoms with Crippen molar-refractivity contribution >= 4 is 29.2 Å². The average molecular weight is 350 g/mol. The third-order valence-corrected chi connectivity index (χ3v) is 3.69. The first kappa shape index (κ1) is 17.7. The summed E-state index contributed by atoms with van der Waals surface area (Å²) in [5.41, 5.74) is 5.94. The maximum atomic E-state index is 13.4. The molecule has 2 aromatic carbocycles. The number of hydrogen-bond donors (Lipinski definition) is 3. The smallest absolute Gasteiger partial charge is 0.319 e. The molecule has 0 aliphatic rings. The number of benzene rings is 2. The van der Waals surface area contributed by atoms with Gasteiger partial charge >= 0.3 is 6.03 Å². The molecule has 0 aliphatic heterocycles. The zero-order valence-corrected chi connectivity index (χ0v) is 13.7. The Kier molecular flexibility index (Phi) is 5.76. The molecule has 0 spiro atoms. The lowest BCUT2D eigenvalue weighted by atomic mass is 10.1. The monoisotopic (exact) mass is 349 g/mol. The molecule has 126 valence electrons. The van der Waals surface area contributed by atoms with Crippen molar-refractivity contribution in [3.63, 3.8) is 0 Å². The fourth-order valence-electron chi connectivity index (χ4n) is 2.26. The van der Waals surface area contributed by atoms with Crippen molar-refractivity contribution < 1.29 is 14.0 Å². The summed E-state index contributed by atoms with van der Waals surface area (Å²) in [6.45, 7) is 1.93. The fourth-order valence-corrected chi connectivity index (χ4v) is 2.46. The number of halogens is 2. The zero-order chi connectivity index (χ0) is 17.7. The molecule has 0 saturated heterocycles. The molecule has 0 fully saturated rings. The largest absolute Gasteiger partial charge is 0.366 e. The number of hydrogen-bond acceptors (Lipinski definition) is 2. The van der Waals surface area contributed by atoms with Crippen LogP contribution in [0.3, 0.4) is 0 Å². The molecule has 0 aromatic heterocycles. The first-order chi connectivity index (χ1) is 11.4. The number of rotatable bonds is 5. The van der Waals surface area contributed by atoms with Gasteiger partial charge in [0.2, 0.25) is 0 Å². The standard InChI is InChI=1S/C17H17ClFN3O2/c1-2-15(10-4-3-5-11(18)8-10)22-17(24)21-12-6-7-14(19)13(9-12)16(20)23/h3-9,15H,2H2,1H3,(H2,20,23)(H2,21,22,24)/t15-/m0/s1. The first-order valence-corrected chi connectivity index (χ1v) is 7.70. The van der Waals surface area contributed by atoms with Crippen LogP contribution in [0, 0.1) is 5.82 Å². The topological polar surface area (TPSA) is 84.2 Å². The van der Waals surface area contributed by atoms with Crippen LogP contribution in [0.2, 0.25) is 5.02 Å². The van der Waals surface area contributed by atoms with Crippen molar-refractivity contribution in [2.75, 3.05) is 5.32 Å². The second kappa shape index (κ2) is 7.79. The van der Waals surface area contributed by atoms with Crippen molar-refractivity contribution in [1.82, 2.24) is 5.32 Å². The molecule has 24 heavy (non-hydrogen) atoms. The molecule has 0 bridgehead atoms. The van der Waals surface area contributed by atoms with Gasteiger partial charge in [0.05, 0.1) is 11.6 Å².